The van der Waals surface area contributed by atoms with Gasteiger partial charge in [-0.15, -0.1) is 0 Å². The number of ether oxygens (including phenoxy) is 1. The van der Waals surface area contributed by atoms with Gasteiger partial charge in [-0.25, -0.2) is 0 Å². The zero-order valence-electron chi connectivity index (χ0n) is 17.0. The Hall–Kier alpha value is -2.82. The molecule has 0 saturated heterocycles. The predicted octanol–water partition coefficient (Wildman–Crippen LogP) is 8.86. The highest BCUT2D eigenvalue weighted by Gasteiger charge is 2.12. The third-order valence-electron chi connectivity index (χ3n) is 4.90. The minimum absolute atomic E-state index is 0.863. The summed E-state index contributed by atoms with van der Waals surface area (Å²) in [4.78, 5) is 2.25. The first kappa shape index (κ1) is 21.4. The summed E-state index contributed by atoms with van der Waals surface area (Å²) in [5.41, 5.74) is 5.59. The summed E-state index contributed by atoms with van der Waals surface area (Å²) in [5, 5.41) is 0. The van der Waals surface area contributed by atoms with E-state index in [4.69, 9.17) is 4.74 Å². The third kappa shape index (κ3) is 5.46. The molecule has 0 radical (unpaired) electrons. The SMILES string of the molecule is COc1ccc(C=Cc2ccc(N(c3ccc(Br)cc3)c3ccc(Br)cc3)cc2)cc1. The summed E-state index contributed by atoms with van der Waals surface area (Å²) in [6.45, 7) is 0. The molecule has 154 valence electrons. The number of hydrogen-bond donors (Lipinski definition) is 0. The lowest BCUT2D eigenvalue weighted by Gasteiger charge is -2.25. The third-order valence-corrected chi connectivity index (χ3v) is 5.96. The first-order valence-electron chi connectivity index (χ1n) is 9.86. The van der Waals surface area contributed by atoms with Crippen LogP contribution in [0.25, 0.3) is 12.2 Å². The van der Waals surface area contributed by atoms with E-state index in [1.54, 1.807) is 7.11 Å². The zero-order chi connectivity index (χ0) is 21.6. The van der Waals surface area contributed by atoms with Crippen LogP contribution in [-0.4, -0.2) is 7.11 Å². The molecule has 0 aliphatic heterocycles. The fourth-order valence-corrected chi connectivity index (χ4v) is 3.80. The molecule has 31 heavy (non-hydrogen) atoms. The summed E-state index contributed by atoms with van der Waals surface area (Å²) < 4.78 is 7.34. The molecule has 4 aromatic rings. The van der Waals surface area contributed by atoms with E-state index in [1.807, 2.05) is 24.3 Å². The number of benzene rings is 4. The van der Waals surface area contributed by atoms with Gasteiger partial charge in [-0.2, -0.15) is 0 Å². The molecule has 0 bridgehead atoms. The van der Waals surface area contributed by atoms with Gasteiger partial charge in [0.25, 0.3) is 0 Å². The molecule has 0 amide bonds. The second-order valence-electron chi connectivity index (χ2n) is 6.99. The van der Waals surface area contributed by atoms with Crippen LogP contribution in [0.5, 0.6) is 5.75 Å². The molecule has 0 unspecified atom stereocenters. The molecule has 0 fully saturated rings. The van der Waals surface area contributed by atoms with E-state index < -0.39 is 0 Å². The number of rotatable bonds is 6. The molecule has 2 nitrogen and oxygen atoms in total. The summed E-state index contributed by atoms with van der Waals surface area (Å²) in [6, 6.07) is 33.3. The van der Waals surface area contributed by atoms with Gasteiger partial charge in [0.1, 0.15) is 5.75 Å². The number of anilines is 3. The second kappa shape index (κ2) is 9.99. The van der Waals surface area contributed by atoms with Crippen LogP contribution in [0.3, 0.4) is 0 Å². The molecular formula is C27H21Br2NO. The topological polar surface area (TPSA) is 12.5 Å². The van der Waals surface area contributed by atoms with Crippen molar-refractivity contribution in [1.29, 1.82) is 0 Å². The van der Waals surface area contributed by atoms with Crippen LogP contribution in [0.1, 0.15) is 11.1 Å². The molecule has 4 heteroatoms. The summed E-state index contributed by atoms with van der Waals surface area (Å²) in [7, 11) is 1.68. The summed E-state index contributed by atoms with van der Waals surface area (Å²) in [5.74, 6) is 0.863. The van der Waals surface area contributed by atoms with Gasteiger partial charge in [0.15, 0.2) is 0 Å². The molecule has 0 aliphatic rings. The standard InChI is InChI=1S/C27H21Br2NO/c1-31-27-18-6-21(7-19-27)3-2-20-4-12-24(13-5-20)30(25-14-8-22(28)9-15-25)26-16-10-23(29)11-17-26/h2-19H,1H3. The van der Waals surface area contributed by atoms with E-state index in [1.165, 1.54) is 0 Å². The van der Waals surface area contributed by atoms with Crippen molar-refractivity contribution >= 4 is 61.1 Å². The van der Waals surface area contributed by atoms with Crippen LogP contribution in [0.15, 0.2) is 106 Å². The maximum atomic E-state index is 5.22. The van der Waals surface area contributed by atoms with Gasteiger partial charge >= 0.3 is 0 Å². The van der Waals surface area contributed by atoms with Crippen molar-refractivity contribution in [3.8, 4) is 5.75 Å². The van der Waals surface area contributed by atoms with Crippen molar-refractivity contribution in [2.45, 2.75) is 0 Å². The van der Waals surface area contributed by atoms with Crippen LogP contribution in [0.2, 0.25) is 0 Å². The van der Waals surface area contributed by atoms with Crippen LogP contribution >= 0.6 is 31.9 Å². The van der Waals surface area contributed by atoms with E-state index in [-0.39, 0.29) is 0 Å². The van der Waals surface area contributed by atoms with Gasteiger partial charge in [-0.3, -0.25) is 0 Å². The normalized spacial score (nSPS) is 10.9. The molecule has 0 saturated carbocycles. The molecule has 0 heterocycles. The van der Waals surface area contributed by atoms with Crippen LogP contribution in [0.4, 0.5) is 17.1 Å². The number of halogens is 2. The zero-order valence-corrected chi connectivity index (χ0v) is 20.2. The molecule has 4 rings (SSSR count). The lowest BCUT2D eigenvalue weighted by molar-refractivity contribution is 0.415. The molecule has 0 spiro atoms. The monoisotopic (exact) mass is 533 g/mol. The maximum absolute atomic E-state index is 5.22. The Morgan fingerprint density at radius 1 is 0.548 bits per heavy atom. The minimum atomic E-state index is 0.863. The highest BCUT2D eigenvalue weighted by Crippen LogP contribution is 2.35. The molecule has 0 aromatic heterocycles. The molecular weight excluding hydrogens is 514 g/mol. The Morgan fingerprint density at radius 3 is 1.29 bits per heavy atom. The highest BCUT2D eigenvalue weighted by atomic mass is 79.9. The Labute approximate surface area is 200 Å². The van der Waals surface area contributed by atoms with Gasteiger partial charge in [0, 0.05) is 26.0 Å². The molecule has 0 atom stereocenters. The fourth-order valence-electron chi connectivity index (χ4n) is 3.27. The lowest BCUT2D eigenvalue weighted by Crippen LogP contribution is -2.09. The van der Waals surface area contributed by atoms with Crippen LogP contribution in [0, 0.1) is 0 Å². The smallest absolute Gasteiger partial charge is 0.118 e. The van der Waals surface area contributed by atoms with Crippen molar-refractivity contribution in [1.82, 2.24) is 0 Å². The molecule has 4 aromatic carbocycles. The first-order valence-corrected chi connectivity index (χ1v) is 11.4. The average Bonchev–Trinajstić information content (AvgIpc) is 2.81. The second-order valence-corrected chi connectivity index (χ2v) is 8.82. The highest BCUT2D eigenvalue weighted by molar-refractivity contribution is 9.10. The Morgan fingerprint density at radius 2 is 0.903 bits per heavy atom. The van der Waals surface area contributed by atoms with Gasteiger partial charge < -0.3 is 9.64 Å². The number of nitrogens with zero attached hydrogens (tertiary/aromatic N) is 1. The summed E-state index contributed by atoms with van der Waals surface area (Å²) in [6.07, 6.45) is 4.23. The largest absolute Gasteiger partial charge is 0.497 e. The van der Waals surface area contributed by atoms with E-state index in [0.717, 1.165) is 42.9 Å². The van der Waals surface area contributed by atoms with Crippen molar-refractivity contribution in [3.05, 3.63) is 117 Å². The minimum Gasteiger partial charge on any atom is -0.497 e. The van der Waals surface area contributed by atoms with Crippen LogP contribution < -0.4 is 9.64 Å². The van der Waals surface area contributed by atoms with E-state index in [0.29, 0.717) is 0 Å². The van der Waals surface area contributed by atoms with Crippen molar-refractivity contribution in [2.24, 2.45) is 0 Å². The van der Waals surface area contributed by atoms with Gasteiger partial charge in [-0.05, 0) is 83.9 Å². The average molecular weight is 535 g/mol. The first-order chi connectivity index (χ1) is 15.1. The van der Waals surface area contributed by atoms with E-state index in [2.05, 4.69) is 122 Å². The number of methoxy groups -OCH3 is 1. The Balaban J connectivity index is 1.62. The van der Waals surface area contributed by atoms with E-state index >= 15 is 0 Å². The fraction of sp³-hybridized carbons (Fsp3) is 0.0370. The maximum Gasteiger partial charge on any atom is 0.118 e. The quantitative estimate of drug-likeness (QED) is 0.229. The Kier molecular flexibility index (Phi) is 6.90. The Bertz CT molecular complexity index is 1100. The van der Waals surface area contributed by atoms with Crippen molar-refractivity contribution in [2.75, 3.05) is 12.0 Å². The predicted molar refractivity (Wildman–Crippen MR) is 138 cm³/mol. The van der Waals surface area contributed by atoms with Crippen molar-refractivity contribution in [3.63, 3.8) is 0 Å². The molecule has 0 aliphatic carbocycles. The van der Waals surface area contributed by atoms with Gasteiger partial charge in [-0.1, -0.05) is 68.3 Å². The van der Waals surface area contributed by atoms with Gasteiger partial charge in [0.05, 0.1) is 7.11 Å². The van der Waals surface area contributed by atoms with Gasteiger partial charge in [0.2, 0.25) is 0 Å². The van der Waals surface area contributed by atoms with Crippen LogP contribution in [-0.2, 0) is 0 Å². The number of hydrogen-bond acceptors (Lipinski definition) is 2. The van der Waals surface area contributed by atoms with Crippen molar-refractivity contribution < 1.29 is 4.74 Å². The molecule has 0 N–H and O–H groups in total. The van der Waals surface area contributed by atoms with E-state index in [9.17, 15) is 0 Å². The lowest BCUT2D eigenvalue weighted by atomic mass is 10.1. The summed E-state index contributed by atoms with van der Waals surface area (Å²) >= 11 is 7.06.